The highest BCUT2D eigenvalue weighted by molar-refractivity contribution is 5.88. The highest BCUT2D eigenvalue weighted by Crippen LogP contribution is 2.17. The van der Waals surface area contributed by atoms with Crippen LogP contribution in [0.25, 0.3) is 0 Å². The largest absolute Gasteiger partial charge is 0.381 e. The van der Waals surface area contributed by atoms with Crippen molar-refractivity contribution in [2.24, 2.45) is 5.92 Å². The van der Waals surface area contributed by atoms with Crippen molar-refractivity contribution in [1.82, 2.24) is 4.90 Å². The van der Waals surface area contributed by atoms with E-state index in [0.717, 1.165) is 19.4 Å². The van der Waals surface area contributed by atoms with Gasteiger partial charge in [-0.05, 0) is 12.8 Å². The van der Waals surface area contributed by atoms with Gasteiger partial charge in [0.05, 0.1) is 19.1 Å². The van der Waals surface area contributed by atoms with Crippen LogP contribution < -0.4 is 0 Å². The minimum atomic E-state index is 0.000833. The Hall–Kier alpha value is -0.900. The number of ketones is 1. The Morgan fingerprint density at radius 3 is 3.00 bits per heavy atom. The van der Waals surface area contributed by atoms with E-state index in [1.165, 1.54) is 0 Å². The predicted octanol–water partition coefficient (Wildman–Crippen LogP) is 0.214. The molecule has 1 amide bonds. The number of amides is 1. The van der Waals surface area contributed by atoms with E-state index in [4.69, 9.17) is 4.74 Å². The van der Waals surface area contributed by atoms with Crippen LogP contribution in [0, 0.1) is 5.92 Å². The van der Waals surface area contributed by atoms with Gasteiger partial charge in [-0.1, -0.05) is 0 Å². The van der Waals surface area contributed by atoms with E-state index in [0.29, 0.717) is 26.2 Å². The number of piperidine rings is 1. The van der Waals surface area contributed by atoms with Gasteiger partial charge in [0.2, 0.25) is 5.91 Å². The molecule has 1 unspecified atom stereocenters. The van der Waals surface area contributed by atoms with Crippen molar-refractivity contribution in [2.75, 3.05) is 26.3 Å². The molecule has 2 heterocycles. The second kappa shape index (κ2) is 4.09. The van der Waals surface area contributed by atoms with Crippen LogP contribution in [0.2, 0.25) is 0 Å². The number of nitrogens with zero attached hydrogens (tertiary/aromatic N) is 1. The van der Waals surface area contributed by atoms with E-state index < -0.39 is 0 Å². The maximum Gasteiger partial charge on any atom is 0.228 e. The van der Waals surface area contributed by atoms with E-state index in [1.807, 2.05) is 0 Å². The fourth-order valence-electron chi connectivity index (χ4n) is 2.01. The highest BCUT2D eigenvalue weighted by Gasteiger charge is 2.30. The molecule has 0 spiro atoms. The third-order valence-electron chi connectivity index (χ3n) is 2.84. The Morgan fingerprint density at radius 1 is 1.50 bits per heavy atom. The smallest absolute Gasteiger partial charge is 0.228 e. The molecule has 2 fully saturated rings. The molecule has 14 heavy (non-hydrogen) atoms. The standard InChI is InChI=1S/C10H15NO3/c12-9-2-1-4-11(6-9)10(13)8-3-5-14-7-8/h8H,1-7H2. The van der Waals surface area contributed by atoms with E-state index in [1.54, 1.807) is 4.90 Å². The van der Waals surface area contributed by atoms with Gasteiger partial charge in [0, 0.05) is 19.6 Å². The zero-order chi connectivity index (χ0) is 9.97. The Labute approximate surface area is 83.2 Å². The second-order valence-electron chi connectivity index (χ2n) is 3.96. The van der Waals surface area contributed by atoms with E-state index in [2.05, 4.69) is 0 Å². The number of Topliss-reactive ketones (excluding diaryl/α,β-unsaturated/α-hetero) is 1. The molecule has 2 aliphatic rings. The van der Waals surface area contributed by atoms with Crippen molar-refractivity contribution in [3.63, 3.8) is 0 Å². The molecule has 0 aromatic heterocycles. The molecule has 0 N–H and O–H groups in total. The zero-order valence-electron chi connectivity index (χ0n) is 8.20. The highest BCUT2D eigenvalue weighted by atomic mass is 16.5. The number of hydrogen-bond acceptors (Lipinski definition) is 3. The van der Waals surface area contributed by atoms with Gasteiger partial charge in [0.15, 0.2) is 5.78 Å². The number of hydrogen-bond donors (Lipinski definition) is 0. The molecule has 1 atom stereocenters. The SMILES string of the molecule is O=C1CCCN(C(=O)C2CCOC2)C1. The van der Waals surface area contributed by atoms with Crippen molar-refractivity contribution in [1.29, 1.82) is 0 Å². The van der Waals surface area contributed by atoms with Crippen LogP contribution >= 0.6 is 0 Å². The fourth-order valence-corrected chi connectivity index (χ4v) is 2.01. The van der Waals surface area contributed by atoms with Crippen LogP contribution in [-0.2, 0) is 14.3 Å². The summed E-state index contributed by atoms with van der Waals surface area (Å²) in [6, 6.07) is 0. The second-order valence-corrected chi connectivity index (χ2v) is 3.96. The minimum absolute atomic E-state index is 0.000833. The topological polar surface area (TPSA) is 46.6 Å². The lowest BCUT2D eigenvalue weighted by Gasteiger charge is -2.27. The van der Waals surface area contributed by atoms with Crippen LogP contribution in [0.5, 0.6) is 0 Å². The summed E-state index contributed by atoms with van der Waals surface area (Å²) < 4.78 is 5.16. The van der Waals surface area contributed by atoms with E-state index in [9.17, 15) is 9.59 Å². The maximum atomic E-state index is 11.8. The molecule has 0 radical (unpaired) electrons. The normalized spacial score (nSPS) is 28.1. The maximum absolute atomic E-state index is 11.8. The molecule has 78 valence electrons. The van der Waals surface area contributed by atoms with Gasteiger partial charge in [-0.15, -0.1) is 0 Å². The number of rotatable bonds is 1. The molecular weight excluding hydrogens is 182 g/mol. The van der Waals surface area contributed by atoms with Gasteiger partial charge in [0.25, 0.3) is 0 Å². The number of carbonyl (C=O) groups is 2. The first-order chi connectivity index (χ1) is 6.77. The molecule has 0 saturated carbocycles. The van der Waals surface area contributed by atoms with Gasteiger partial charge in [-0.2, -0.15) is 0 Å². The lowest BCUT2D eigenvalue weighted by molar-refractivity contribution is -0.140. The van der Waals surface area contributed by atoms with Gasteiger partial charge in [-0.25, -0.2) is 0 Å². The summed E-state index contributed by atoms with van der Waals surface area (Å²) in [5.41, 5.74) is 0. The average Bonchev–Trinajstić information content (AvgIpc) is 2.69. The summed E-state index contributed by atoms with van der Waals surface area (Å²) in [5, 5.41) is 0. The van der Waals surface area contributed by atoms with Gasteiger partial charge < -0.3 is 9.64 Å². The molecule has 0 bridgehead atoms. The number of ether oxygens (including phenoxy) is 1. The fraction of sp³-hybridized carbons (Fsp3) is 0.800. The lowest BCUT2D eigenvalue weighted by Crippen LogP contribution is -2.43. The van der Waals surface area contributed by atoms with Crippen molar-refractivity contribution < 1.29 is 14.3 Å². The predicted molar refractivity (Wildman–Crippen MR) is 49.7 cm³/mol. The van der Waals surface area contributed by atoms with Crippen LogP contribution in [0.3, 0.4) is 0 Å². The first-order valence-corrected chi connectivity index (χ1v) is 5.15. The molecule has 2 rings (SSSR count). The third-order valence-corrected chi connectivity index (χ3v) is 2.84. The summed E-state index contributed by atoms with van der Waals surface area (Å²) in [7, 11) is 0. The number of likely N-dealkylation sites (tertiary alicyclic amines) is 1. The molecule has 2 saturated heterocycles. The van der Waals surface area contributed by atoms with Crippen LogP contribution in [0.4, 0.5) is 0 Å². The zero-order valence-corrected chi connectivity index (χ0v) is 8.20. The first-order valence-electron chi connectivity index (χ1n) is 5.15. The molecule has 4 heteroatoms. The van der Waals surface area contributed by atoms with Crippen molar-refractivity contribution in [2.45, 2.75) is 19.3 Å². The lowest BCUT2D eigenvalue weighted by atomic mass is 10.0. The summed E-state index contributed by atoms with van der Waals surface area (Å²) in [6.45, 7) is 2.26. The monoisotopic (exact) mass is 197 g/mol. The van der Waals surface area contributed by atoms with Gasteiger partial charge >= 0.3 is 0 Å². The molecule has 0 aliphatic carbocycles. The third kappa shape index (κ3) is 1.95. The molecule has 0 aromatic rings. The van der Waals surface area contributed by atoms with Gasteiger partial charge in [0.1, 0.15) is 0 Å². The van der Waals surface area contributed by atoms with Crippen LogP contribution in [0.15, 0.2) is 0 Å². The molecule has 2 aliphatic heterocycles. The first kappa shape index (κ1) is 9.65. The van der Waals surface area contributed by atoms with Crippen molar-refractivity contribution >= 4 is 11.7 Å². The molecule has 4 nitrogen and oxygen atoms in total. The van der Waals surface area contributed by atoms with Crippen LogP contribution in [-0.4, -0.2) is 42.9 Å². The molecule has 0 aromatic carbocycles. The van der Waals surface area contributed by atoms with Gasteiger partial charge in [-0.3, -0.25) is 9.59 Å². The summed E-state index contributed by atoms with van der Waals surface area (Å²) >= 11 is 0. The van der Waals surface area contributed by atoms with Crippen molar-refractivity contribution in [3.8, 4) is 0 Å². The summed E-state index contributed by atoms with van der Waals surface area (Å²) in [6.07, 6.45) is 2.26. The van der Waals surface area contributed by atoms with Crippen molar-refractivity contribution in [3.05, 3.63) is 0 Å². The van der Waals surface area contributed by atoms with E-state index >= 15 is 0 Å². The van der Waals surface area contributed by atoms with Crippen LogP contribution in [0.1, 0.15) is 19.3 Å². The Balaban J connectivity index is 1.92. The Kier molecular flexibility index (Phi) is 2.82. The summed E-state index contributed by atoms with van der Waals surface area (Å²) in [5.74, 6) is 0.292. The number of carbonyl (C=O) groups excluding carboxylic acids is 2. The Bertz CT molecular complexity index is 246. The average molecular weight is 197 g/mol. The molecular formula is C10H15NO3. The minimum Gasteiger partial charge on any atom is -0.381 e. The van der Waals surface area contributed by atoms with E-state index in [-0.39, 0.29) is 17.6 Å². The summed E-state index contributed by atoms with van der Waals surface area (Å²) in [4.78, 5) is 24.7. The quantitative estimate of drug-likeness (QED) is 0.604. The Morgan fingerprint density at radius 2 is 2.36 bits per heavy atom.